The van der Waals surface area contributed by atoms with Gasteiger partial charge in [-0.15, -0.1) is 0 Å². The molecule has 0 fully saturated rings. The Kier molecular flexibility index (Phi) is 5.66. The number of ketones is 2. The van der Waals surface area contributed by atoms with Gasteiger partial charge in [0, 0.05) is 28.8 Å². The van der Waals surface area contributed by atoms with Crippen LogP contribution in [-0.2, 0) is 4.79 Å². The SMILES string of the molecule is O=C1C[C@@H](c2ccccc2)CC2=C1[C@H](c1ccc3c(c1)OCO3)Nc1ccc(C(=O)c3ccccc3)cc1N2. The summed E-state index contributed by atoms with van der Waals surface area (Å²) in [5.41, 5.74) is 6.46. The molecule has 0 saturated carbocycles. The Morgan fingerprint density at radius 2 is 1.49 bits per heavy atom. The van der Waals surface area contributed by atoms with Gasteiger partial charge in [0.05, 0.1) is 17.4 Å². The van der Waals surface area contributed by atoms with Crippen molar-refractivity contribution in [1.82, 2.24) is 0 Å². The minimum atomic E-state index is -0.386. The number of hydrogen-bond acceptors (Lipinski definition) is 6. The van der Waals surface area contributed by atoms with Gasteiger partial charge >= 0.3 is 0 Å². The van der Waals surface area contributed by atoms with Crippen LogP contribution in [0.3, 0.4) is 0 Å². The predicted octanol–water partition coefficient (Wildman–Crippen LogP) is 6.63. The van der Waals surface area contributed by atoms with Gasteiger partial charge in [0.25, 0.3) is 0 Å². The second-order valence-corrected chi connectivity index (χ2v) is 10.1. The number of nitrogens with one attached hydrogen (secondary N) is 2. The lowest BCUT2D eigenvalue weighted by atomic mass is 9.78. The Hall–Kier alpha value is -4.84. The van der Waals surface area contributed by atoms with Gasteiger partial charge in [0.1, 0.15) is 0 Å². The molecule has 1 aliphatic carbocycles. The fraction of sp³-hybridized carbons (Fsp3) is 0.152. The molecule has 4 aromatic rings. The van der Waals surface area contributed by atoms with E-state index in [2.05, 4.69) is 22.8 Å². The van der Waals surface area contributed by atoms with Crippen molar-refractivity contribution in [3.05, 3.63) is 131 Å². The average Bonchev–Trinajstić information content (AvgIpc) is 3.38. The molecule has 2 heterocycles. The topological polar surface area (TPSA) is 76.7 Å². The van der Waals surface area contributed by atoms with Gasteiger partial charge in [-0.05, 0) is 53.8 Å². The highest BCUT2D eigenvalue weighted by atomic mass is 16.7. The van der Waals surface area contributed by atoms with E-state index >= 15 is 0 Å². The van der Waals surface area contributed by atoms with E-state index in [0.717, 1.165) is 28.2 Å². The van der Waals surface area contributed by atoms with E-state index in [-0.39, 0.29) is 30.3 Å². The zero-order chi connectivity index (χ0) is 26.3. The Labute approximate surface area is 226 Å². The zero-order valence-electron chi connectivity index (χ0n) is 21.1. The average molecular weight is 515 g/mol. The number of benzene rings is 4. The number of allylic oxidation sites excluding steroid dienone is 1. The van der Waals surface area contributed by atoms with Crippen LogP contribution in [0.25, 0.3) is 0 Å². The molecule has 4 aromatic carbocycles. The van der Waals surface area contributed by atoms with Crippen molar-refractivity contribution in [2.75, 3.05) is 17.4 Å². The number of hydrogen-bond donors (Lipinski definition) is 2. The minimum Gasteiger partial charge on any atom is -0.454 e. The molecular formula is C33H26N2O4. The number of anilines is 2. The molecule has 0 saturated heterocycles. The number of Topliss-reactive ketones (excluding diaryl/α,β-unsaturated/α-hetero) is 1. The molecule has 0 spiro atoms. The molecule has 7 rings (SSSR count). The summed E-state index contributed by atoms with van der Waals surface area (Å²) >= 11 is 0. The van der Waals surface area contributed by atoms with Gasteiger partial charge in [-0.2, -0.15) is 0 Å². The molecule has 0 amide bonds. The lowest BCUT2D eigenvalue weighted by Gasteiger charge is -2.30. The smallest absolute Gasteiger partial charge is 0.231 e. The zero-order valence-corrected chi connectivity index (χ0v) is 21.1. The van der Waals surface area contributed by atoms with E-state index in [1.807, 2.05) is 84.9 Å². The third kappa shape index (κ3) is 4.24. The van der Waals surface area contributed by atoms with Crippen LogP contribution in [-0.4, -0.2) is 18.4 Å². The molecular weight excluding hydrogens is 488 g/mol. The first-order chi connectivity index (χ1) is 19.1. The van der Waals surface area contributed by atoms with Crippen molar-refractivity contribution < 1.29 is 19.1 Å². The van der Waals surface area contributed by atoms with Gasteiger partial charge in [-0.3, -0.25) is 9.59 Å². The van der Waals surface area contributed by atoms with Gasteiger partial charge in [-0.25, -0.2) is 0 Å². The minimum absolute atomic E-state index is 0.0483. The van der Waals surface area contributed by atoms with Crippen molar-refractivity contribution in [3.63, 3.8) is 0 Å². The van der Waals surface area contributed by atoms with Gasteiger partial charge in [-0.1, -0.05) is 66.7 Å². The summed E-state index contributed by atoms with van der Waals surface area (Å²) in [5, 5.41) is 7.19. The Morgan fingerprint density at radius 3 is 2.31 bits per heavy atom. The van der Waals surface area contributed by atoms with E-state index in [0.29, 0.717) is 41.0 Å². The third-order valence-electron chi connectivity index (χ3n) is 7.70. The fourth-order valence-corrected chi connectivity index (χ4v) is 5.75. The monoisotopic (exact) mass is 514 g/mol. The largest absolute Gasteiger partial charge is 0.454 e. The first-order valence-electron chi connectivity index (χ1n) is 13.1. The molecule has 0 unspecified atom stereocenters. The fourth-order valence-electron chi connectivity index (χ4n) is 5.75. The molecule has 6 nitrogen and oxygen atoms in total. The standard InChI is InChI=1S/C33H26N2O4/c36-28-17-24(20-7-3-1-4-8-20)16-27-31(28)32(22-12-14-29-30(18-22)39-19-38-29)35-25-13-11-23(15-26(25)34-27)33(37)21-9-5-2-6-10-21/h1-15,18,24,32,34-35H,16-17,19H2/t24-,32-/m0/s1. The van der Waals surface area contributed by atoms with E-state index in [1.165, 1.54) is 0 Å². The maximum Gasteiger partial charge on any atom is 0.231 e. The number of carbonyl (C=O) groups is 2. The summed E-state index contributed by atoms with van der Waals surface area (Å²) in [6.45, 7) is 0.186. The third-order valence-corrected chi connectivity index (χ3v) is 7.70. The number of rotatable bonds is 4. The summed E-state index contributed by atoms with van der Waals surface area (Å²) in [6.07, 6.45) is 1.12. The molecule has 0 radical (unpaired) electrons. The van der Waals surface area contributed by atoms with Crippen LogP contribution in [0.5, 0.6) is 11.5 Å². The summed E-state index contributed by atoms with van der Waals surface area (Å²) in [6, 6.07) is 30.5. The molecule has 2 atom stereocenters. The number of ether oxygens (including phenoxy) is 2. The highest BCUT2D eigenvalue weighted by molar-refractivity contribution is 6.10. The van der Waals surface area contributed by atoms with Gasteiger partial charge in [0.15, 0.2) is 23.1 Å². The van der Waals surface area contributed by atoms with E-state index in [9.17, 15) is 9.59 Å². The van der Waals surface area contributed by atoms with Crippen molar-refractivity contribution in [2.24, 2.45) is 0 Å². The van der Waals surface area contributed by atoms with E-state index < -0.39 is 0 Å². The van der Waals surface area contributed by atoms with Crippen LogP contribution in [0.4, 0.5) is 11.4 Å². The molecule has 6 heteroatoms. The lowest BCUT2D eigenvalue weighted by Crippen LogP contribution is -2.26. The first kappa shape index (κ1) is 23.3. The van der Waals surface area contributed by atoms with Crippen LogP contribution >= 0.6 is 0 Å². The highest BCUT2D eigenvalue weighted by Crippen LogP contribution is 2.46. The van der Waals surface area contributed by atoms with Crippen molar-refractivity contribution in [2.45, 2.75) is 24.8 Å². The van der Waals surface area contributed by atoms with Crippen molar-refractivity contribution >= 4 is 22.9 Å². The van der Waals surface area contributed by atoms with Gasteiger partial charge in [0.2, 0.25) is 6.79 Å². The second-order valence-electron chi connectivity index (χ2n) is 10.1. The van der Waals surface area contributed by atoms with Crippen molar-refractivity contribution in [1.29, 1.82) is 0 Å². The Morgan fingerprint density at radius 1 is 0.718 bits per heavy atom. The molecule has 192 valence electrons. The summed E-state index contributed by atoms with van der Waals surface area (Å²) < 4.78 is 11.2. The quantitative estimate of drug-likeness (QED) is 0.298. The highest BCUT2D eigenvalue weighted by Gasteiger charge is 2.36. The van der Waals surface area contributed by atoms with Crippen LogP contribution in [0.1, 0.15) is 51.8 Å². The maximum atomic E-state index is 13.8. The molecule has 0 bridgehead atoms. The number of carbonyl (C=O) groups excluding carboxylic acids is 2. The molecule has 0 aromatic heterocycles. The summed E-state index contributed by atoms with van der Waals surface area (Å²) in [7, 11) is 0. The van der Waals surface area contributed by atoms with Crippen LogP contribution in [0, 0.1) is 0 Å². The molecule has 2 N–H and O–H groups in total. The van der Waals surface area contributed by atoms with Crippen LogP contribution < -0.4 is 20.1 Å². The lowest BCUT2D eigenvalue weighted by molar-refractivity contribution is -0.116. The van der Waals surface area contributed by atoms with Crippen molar-refractivity contribution in [3.8, 4) is 11.5 Å². The Bertz CT molecular complexity index is 1630. The normalized spacial score (nSPS) is 19.3. The van der Waals surface area contributed by atoms with E-state index in [1.54, 1.807) is 0 Å². The predicted molar refractivity (Wildman–Crippen MR) is 149 cm³/mol. The second kappa shape index (κ2) is 9.48. The maximum absolute atomic E-state index is 13.8. The number of fused-ring (bicyclic) bond motifs is 2. The van der Waals surface area contributed by atoms with Crippen LogP contribution in [0.15, 0.2) is 108 Å². The Balaban J connectivity index is 1.32. The van der Waals surface area contributed by atoms with Gasteiger partial charge < -0.3 is 20.1 Å². The summed E-state index contributed by atoms with van der Waals surface area (Å²) in [4.78, 5) is 27.1. The molecule has 2 aliphatic heterocycles. The first-order valence-corrected chi connectivity index (χ1v) is 13.1. The molecule has 3 aliphatic rings. The van der Waals surface area contributed by atoms with Crippen LogP contribution in [0.2, 0.25) is 0 Å². The summed E-state index contributed by atoms with van der Waals surface area (Å²) in [5.74, 6) is 1.48. The molecule has 39 heavy (non-hydrogen) atoms. The van der Waals surface area contributed by atoms with E-state index in [4.69, 9.17) is 9.47 Å².